The van der Waals surface area contributed by atoms with Crippen LogP contribution in [0.25, 0.3) is 0 Å². The predicted molar refractivity (Wildman–Crippen MR) is 83.6 cm³/mol. The van der Waals surface area contributed by atoms with E-state index >= 15 is 0 Å². The molecule has 0 spiro atoms. The van der Waals surface area contributed by atoms with E-state index in [-0.39, 0.29) is 11.9 Å². The first-order valence-corrected chi connectivity index (χ1v) is 7.56. The number of hydrogen-bond acceptors (Lipinski definition) is 3. The quantitative estimate of drug-likeness (QED) is 0.859. The lowest BCUT2D eigenvalue weighted by atomic mass is 10.0. The van der Waals surface area contributed by atoms with Crippen molar-refractivity contribution in [2.45, 2.75) is 31.7 Å². The normalized spacial score (nSPS) is 17.9. The highest BCUT2D eigenvalue weighted by molar-refractivity contribution is 5.79. The molecule has 0 bridgehead atoms. The van der Waals surface area contributed by atoms with Crippen LogP contribution in [-0.4, -0.2) is 43.1 Å². The Morgan fingerprint density at radius 2 is 2.23 bits per heavy atom. The molecule has 6 heteroatoms. The number of primary amides is 1. The van der Waals surface area contributed by atoms with Crippen LogP contribution < -0.4 is 15.8 Å². The van der Waals surface area contributed by atoms with Crippen molar-refractivity contribution in [1.82, 2.24) is 10.2 Å². The molecule has 1 aliphatic rings. The van der Waals surface area contributed by atoms with Gasteiger partial charge in [-0.1, -0.05) is 12.1 Å². The summed E-state index contributed by atoms with van der Waals surface area (Å²) < 4.78 is 5.18. The summed E-state index contributed by atoms with van der Waals surface area (Å²) in [5.41, 5.74) is 6.05. The molecule has 0 aromatic heterocycles. The number of piperidine rings is 1. The van der Waals surface area contributed by atoms with Gasteiger partial charge in [-0.2, -0.15) is 0 Å². The molecule has 0 radical (unpaired) electrons. The van der Waals surface area contributed by atoms with E-state index in [1.807, 2.05) is 29.2 Å². The number of likely N-dealkylation sites (tertiary alicyclic amines) is 1. The highest BCUT2D eigenvalue weighted by Crippen LogP contribution is 2.19. The minimum Gasteiger partial charge on any atom is -0.497 e. The van der Waals surface area contributed by atoms with Gasteiger partial charge in [0.2, 0.25) is 5.91 Å². The molecule has 3 amide bonds. The highest BCUT2D eigenvalue weighted by Gasteiger charge is 2.26. The lowest BCUT2D eigenvalue weighted by molar-refractivity contribution is -0.134. The van der Waals surface area contributed by atoms with E-state index < -0.39 is 6.03 Å². The van der Waals surface area contributed by atoms with Gasteiger partial charge in [-0.05, 0) is 37.0 Å². The van der Waals surface area contributed by atoms with Crippen molar-refractivity contribution < 1.29 is 14.3 Å². The Morgan fingerprint density at radius 3 is 2.95 bits per heavy atom. The maximum atomic E-state index is 12.6. The summed E-state index contributed by atoms with van der Waals surface area (Å²) in [6.45, 7) is 1.15. The molecule has 3 N–H and O–H groups in total. The molecule has 1 aliphatic heterocycles. The molecule has 2 rings (SSSR count). The summed E-state index contributed by atoms with van der Waals surface area (Å²) in [5, 5.41) is 2.61. The number of amides is 3. The van der Waals surface area contributed by atoms with Crippen LogP contribution in [-0.2, 0) is 11.2 Å². The van der Waals surface area contributed by atoms with Gasteiger partial charge in [-0.15, -0.1) is 0 Å². The molecule has 1 heterocycles. The number of methoxy groups -OCH3 is 1. The van der Waals surface area contributed by atoms with Gasteiger partial charge < -0.3 is 20.7 Å². The van der Waals surface area contributed by atoms with E-state index in [4.69, 9.17) is 10.5 Å². The van der Waals surface area contributed by atoms with Crippen molar-refractivity contribution in [2.75, 3.05) is 20.2 Å². The number of nitrogens with two attached hydrogens (primary N) is 1. The average molecular weight is 305 g/mol. The van der Waals surface area contributed by atoms with Crippen LogP contribution in [0.4, 0.5) is 4.79 Å². The molecule has 1 atom stereocenters. The number of rotatable bonds is 5. The minimum absolute atomic E-state index is 0.0272. The monoisotopic (exact) mass is 305 g/mol. The topological polar surface area (TPSA) is 84.7 Å². The van der Waals surface area contributed by atoms with E-state index in [1.165, 1.54) is 0 Å². The Labute approximate surface area is 130 Å². The van der Waals surface area contributed by atoms with Crippen molar-refractivity contribution in [3.63, 3.8) is 0 Å². The molecule has 1 saturated heterocycles. The average Bonchev–Trinajstić information content (AvgIpc) is 2.53. The Balaban J connectivity index is 2.00. The molecule has 0 aliphatic carbocycles. The molecular weight excluding hydrogens is 282 g/mol. The Hall–Kier alpha value is -2.24. The Kier molecular flexibility index (Phi) is 5.63. The molecule has 1 aromatic rings. The zero-order chi connectivity index (χ0) is 15.9. The van der Waals surface area contributed by atoms with Crippen LogP contribution in [0, 0.1) is 0 Å². The summed E-state index contributed by atoms with van der Waals surface area (Å²) in [7, 11) is 1.61. The number of benzene rings is 1. The maximum Gasteiger partial charge on any atom is 0.312 e. The Morgan fingerprint density at radius 1 is 1.41 bits per heavy atom. The van der Waals surface area contributed by atoms with Gasteiger partial charge >= 0.3 is 6.03 Å². The molecule has 120 valence electrons. The number of urea groups is 1. The van der Waals surface area contributed by atoms with Crippen LogP contribution in [0.3, 0.4) is 0 Å². The van der Waals surface area contributed by atoms with Crippen LogP contribution in [0.15, 0.2) is 24.3 Å². The zero-order valence-electron chi connectivity index (χ0n) is 12.9. The van der Waals surface area contributed by atoms with Gasteiger partial charge in [0.15, 0.2) is 0 Å². The third kappa shape index (κ3) is 4.38. The largest absolute Gasteiger partial charge is 0.497 e. The SMILES string of the molecule is COc1cccc(CC(=O)N2CCCCC2CNC(N)=O)c1. The first-order valence-electron chi connectivity index (χ1n) is 7.56. The van der Waals surface area contributed by atoms with E-state index in [9.17, 15) is 9.59 Å². The molecule has 22 heavy (non-hydrogen) atoms. The number of hydrogen-bond donors (Lipinski definition) is 2. The summed E-state index contributed by atoms with van der Waals surface area (Å²) in [4.78, 5) is 25.3. The molecule has 1 aromatic carbocycles. The zero-order valence-corrected chi connectivity index (χ0v) is 12.9. The van der Waals surface area contributed by atoms with Crippen molar-refractivity contribution in [2.24, 2.45) is 5.73 Å². The van der Waals surface area contributed by atoms with Crippen molar-refractivity contribution >= 4 is 11.9 Å². The fourth-order valence-electron chi connectivity index (χ4n) is 2.82. The minimum atomic E-state index is -0.550. The molecular formula is C16H23N3O3. The lowest BCUT2D eigenvalue weighted by Crippen LogP contribution is -2.50. The Bertz CT molecular complexity index is 533. The first-order chi connectivity index (χ1) is 10.6. The van der Waals surface area contributed by atoms with E-state index in [0.29, 0.717) is 13.0 Å². The van der Waals surface area contributed by atoms with Crippen molar-refractivity contribution in [3.8, 4) is 5.75 Å². The fraction of sp³-hybridized carbons (Fsp3) is 0.500. The highest BCUT2D eigenvalue weighted by atomic mass is 16.5. The summed E-state index contributed by atoms with van der Waals surface area (Å²) >= 11 is 0. The molecule has 6 nitrogen and oxygen atoms in total. The van der Waals surface area contributed by atoms with Gasteiger partial charge in [-0.25, -0.2) is 4.79 Å². The molecule has 0 saturated carbocycles. The number of nitrogens with one attached hydrogen (secondary N) is 1. The second kappa shape index (κ2) is 7.68. The fourth-order valence-corrected chi connectivity index (χ4v) is 2.82. The molecule has 1 unspecified atom stereocenters. The predicted octanol–water partition coefficient (Wildman–Crippen LogP) is 1.29. The van der Waals surface area contributed by atoms with E-state index in [1.54, 1.807) is 7.11 Å². The number of ether oxygens (including phenoxy) is 1. The van der Waals surface area contributed by atoms with Crippen LogP contribution in [0.1, 0.15) is 24.8 Å². The third-order valence-corrected chi connectivity index (χ3v) is 3.95. The van der Waals surface area contributed by atoms with Crippen molar-refractivity contribution in [3.05, 3.63) is 29.8 Å². The standard InChI is InChI=1S/C16H23N3O3/c1-22-14-7-4-5-12(9-14)10-15(20)19-8-3-2-6-13(19)11-18-16(17)21/h4-5,7,9,13H,2-3,6,8,10-11H2,1H3,(H3,17,18,21). The first kappa shape index (κ1) is 16.1. The third-order valence-electron chi connectivity index (χ3n) is 3.95. The van der Waals surface area contributed by atoms with Crippen LogP contribution in [0.5, 0.6) is 5.75 Å². The van der Waals surface area contributed by atoms with Crippen LogP contribution >= 0.6 is 0 Å². The second-order valence-electron chi connectivity index (χ2n) is 5.51. The number of carbonyl (C=O) groups is 2. The van der Waals surface area contributed by atoms with Gasteiger partial charge in [0.25, 0.3) is 0 Å². The van der Waals surface area contributed by atoms with Gasteiger partial charge in [0, 0.05) is 19.1 Å². The molecule has 1 fully saturated rings. The van der Waals surface area contributed by atoms with Gasteiger partial charge in [0.1, 0.15) is 5.75 Å². The summed E-state index contributed by atoms with van der Waals surface area (Å²) in [5.74, 6) is 0.820. The maximum absolute atomic E-state index is 12.6. The summed E-state index contributed by atoms with van der Waals surface area (Å²) in [6.07, 6.45) is 3.29. The van der Waals surface area contributed by atoms with Gasteiger partial charge in [-0.3, -0.25) is 4.79 Å². The lowest BCUT2D eigenvalue weighted by Gasteiger charge is -2.36. The second-order valence-corrected chi connectivity index (χ2v) is 5.51. The van der Waals surface area contributed by atoms with Crippen LogP contribution in [0.2, 0.25) is 0 Å². The van der Waals surface area contributed by atoms with E-state index in [2.05, 4.69) is 5.32 Å². The number of carbonyl (C=O) groups excluding carboxylic acids is 2. The smallest absolute Gasteiger partial charge is 0.312 e. The van der Waals surface area contributed by atoms with Crippen molar-refractivity contribution in [1.29, 1.82) is 0 Å². The summed E-state index contributed by atoms with van der Waals surface area (Å²) in [6, 6.07) is 7.00. The number of nitrogens with zero attached hydrogens (tertiary/aromatic N) is 1. The van der Waals surface area contributed by atoms with Gasteiger partial charge in [0.05, 0.1) is 13.5 Å². The van der Waals surface area contributed by atoms with E-state index in [0.717, 1.165) is 37.1 Å².